The molecule has 0 N–H and O–H groups in total. The third-order valence-electron chi connectivity index (χ3n) is 9.45. The number of rotatable bonds is 4. The second kappa shape index (κ2) is 17.8. The fraction of sp³-hybridized carbons (Fsp3) is 0.370. The van der Waals surface area contributed by atoms with Crippen LogP contribution in [0.25, 0.3) is 11.1 Å². The summed E-state index contributed by atoms with van der Waals surface area (Å²) in [5.41, 5.74) is 15.7. The first-order chi connectivity index (χ1) is 22.0. The number of aryl methyl sites for hydroxylation is 2. The SMILES string of the molecule is CC(C)(C)c1[c-]c2c(cc1)-c1ccc(C(C)(C)C)cc1C2.CCC(C)(C)C1=[C-]CC=C1.Cc1ccc([C](=[Zr+2])c2ccc(C)cc2)cc1.[Cl-].[Cl-]. The van der Waals surface area contributed by atoms with Crippen LogP contribution in [0.1, 0.15) is 120 Å². The zero-order valence-electron chi connectivity index (χ0n) is 31.5. The van der Waals surface area contributed by atoms with Crippen LogP contribution in [-0.2, 0) is 41.5 Å². The maximum Gasteiger partial charge on any atom is -1.00 e. The Morgan fingerprint density at radius 3 is 1.67 bits per heavy atom. The van der Waals surface area contributed by atoms with Gasteiger partial charge in [0.2, 0.25) is 0 Å². The molecule has 4 aromatic rings. The van der Waals surface area contributed by atoms with Crippen molar-refractivity contribution in [3.63, 3.8) is 0 Å². The van der Waals surface area contributed by atoms with Gasteiger partial charge < -0.3 is 24.8 Å². The molecule has 0 aromatic heterocycles. The molecule has 0 radical (unpaired) electrons. The van der Waals surface area contributed by atoms with Crippen LogP contribution in [-0.4, -0.2) is 3.21 Å². The molecule has 0 saturated carbocycles. The van der Waals surface area contributed by atoms with Crippen molar-refractivity contribution in [1.29, 1.82) is 0 Å². The van der Waals surface area contributed by atoms with E-state index in [-0.39, 0.29) is 35.6 Å². The number of halogens is 2. The quantitative estimate of drug-likeness (QED) is 0.192. The molecule has 0 atom stereocenters. The Labute approximate surface area is 326 Å². The van der Waals surface area contributed by atoms with Gasteiger partial charge in [-0.25, -0.2) is 11.6 Å². The summed E-state index contributed by atoms with van der Waals surface area (Å²) in [6.07, 6.45) is 11.0. The molecule has 258 valence electrons. The van der Waals surface area contributed by atoms with E-state index >= 15 is 0 Å². The summed E-state index contributed by atoms with van der Waals surface area (Å²) in [4.78, 5) is 0. The molecule has 0 saturated heterocycles. The van der Waals surface area contributed by atoms with Crippen molar-refractivity contribution in [2.24, 2.45) is 5.41 Å². The van der Waals surface area contributed by atoms with Crippen molar-refractivity contribution in [2.45, 2.75) is 106 Å². The summed E-state index contributed by atoms with van der Waals surface area (Å²) < 4.78 is 1.42. The first kappa shape index (κ1) is 42.9. The van der Waals surface area contributed by atoms with Gasteiger partial charge in [0.15, 0.2) is 0 Å². The van der Waals surface area contributed by atoms with E-state index in [4.69, 9.17) is 0 Å². The second-order valence-corrected chi connectivity index (χ2v) is 17.1. The predicted molar refractivity (Wildman–Crippen MR) is 201 cm³/mol. The van der Waals surface area contributed by atoms with Gasteiger partial charge in [-0.1, -0.05) is 86.1 Å². The molecule has 6 rings (SSSR count). The van der Waals surface area contributed by atoms with Crippen LogP contribution in [0.5, 0.6) is 0 Å². The number of fused-ring (bicyclic) bond motifs is 3. The van der Waals surface area contributed by atoms with Crippen molar-refractivity contribution in [3.05, 3.63) is 153 Å². The van der Waals surface area contributed by atoms with Crippen LogP contribution in [0.3, 0.4) is 0 Å². The standard InChI is InChI=1S/C21H25.C15H14.C10H15.2ClH.Zr/c1-20(2,3)16-7-9-18-14(12-16)11-15-13-17(21(4,5)6)8-10-19(15)18;1-12-3-7-14(8-4-12)11-15-9-5-13(2)6-10-15;1-4-10(2,3)9-7-5-6-8-9;;;/h7-10,12H,11H2,1-6H3;3-10H,1-2H3;5,7H,4,6H2,1-3H3;2*1H;/q-1;;-1;;;+2/p-2. The third-order valence-corrected chi connectivity index (χ3v) is 10.9. The molecule has 0 spiro atoms. The van der Waals surface area contributed by atoms with Gasteiger partial charge in [-0.2, -0.15) is 29.8 Å². The summed E-state index contributed by atoms with van der Waals surface area (Å²) in [7, 11) is 0. The van der Waals surface area contributed by atoms with Crippen LogP contribution >= 0.6 is 0 Å². The fourth-order valence-electron chi connectivity index (χ4n) is 5.69. The first-order valence-corrected chi connectivity index (χ1v) is 18.4. The Bertz CT molecular complexity index is 1650. The van der Waals surface area contributed by atoms with Gasteiger partial charge in [0, 0.05) is 0 Å². The summed E-state index contributed by atoms with van der Waals surface area (Å²) in [6.45, 7) is 24.6. The molecule has 0 unspecified atom stereocenters. The van der Waals surface area contributed by atoms with E-state index in [1.165, 1.54) is 95.1 Å². The van der Waals surface area contributed by atoms with Gasteiger partial charge in [0.25, 0.3) is 0 Å². The zero-order chi connectivity index (χ0) is 34.6. The Kier molecular flexibility index (Phi) is 15.5. The average Bonchev–Trinajstić information content (AvgIpc) is 3.70. The average molecular weight is 769 g/mol. The number of hydrogen-bond acceptors (Lipinski definition) is 0. The topological polar surface area (TPSA) is 0 Å². The van der Waals surface area contributed by atoms with Gasteiger partial charge in [-0.3, -0.25) is 6.08 Å². The Morgan fingerprint density at radius 2 is 1.22 bits per heavy atom. The van der Waals surface area contributed by atoms with E-state index in [0.717, 1.165) is 12.8 Å². The zero-order valence-corrected chi connectivity index (χ0v) is 35.5. The Morgan fingerprint density at radius 1 is 0.694 bits per heavy atom. The summed E-state index contributed by atoms with van der Waals surface area (Å²) >= 11 is 1.46. The van der Waals surface area contributed by atoms with Crippen molar-refractivity contribution in [2.75, 3.05) is 0 Å². The molecule has 0 aliphatic heterocycles. The van der Waals surface area contributed by atoms with Crippen molar-refractivity contribution in [3.8, 4) is 11.1 Å². The van der Waals surface area contributed by atoms with Crippen LogP contribution in [0.4, 0.5) is 0 Å². The van der Waals surface area contributed by atoms with E-state index in [0.29, 0.717) is 5.41 Å². The van der Waals surface area contributed by atoms with Crippen LogP contribution in [0.15, 0.2) is 96.6 Å². The molecule has 0 amide bonds. The smallest absolute Gasteiger partial charge is 1.00 e. The van der Waals surface area contributed by atoms with Gasteiger partial charge in [-0.05, 0) is 40.2 Å². The van der Waals surface area contributed by atoms with Gasteiger partial charge in [-0.15, -0.1) is 17.5 Å². The molecule has 0 fully saturated rings. The third kappa shape index (κ3) is 11.3. The van der Waals surface area contributed by atoms with E-state index in [1.54, 1.807) is 0 Å². The molecule has 3 heteroatoms. The van der Waals surface area contributed by atoms with Gasteiger partial charge in [0.05, 0.1) is 0 Å². The first-order valence-electron chi connectivity index (χ1n) is 17.2. The molecule has 4 aromatic carbocycles. The monoisotopic (exact) mass is 766 g/mol. The van der Waals surface area contributed by atoms with Crippen molar-refractivity contribution < 1.29 is 49.0 Å². The molecule has 2 aliphatic carbocycles. The Hall–Kier alpha value is -2.31. The molecule has 49 heavy (non-hydrogen) atoms. The van der Waals surface area contributed by atoms with Crippen LogP contribution in [0.2, 0.25) is 0 Å². The molecule has 0 nitrogen and oxygen atoms in total. The maximum atomic E-state index is 3.67. The molecule has 2 aliphatic rings. The van der Waals surface area contributed by atoms with Gasteiger partial charge >= 0.3 is 112 Å². The van der Waals surface area contributed by atoms with Crippen LogP contribution < -0.4 is 24.8 Å². The molecular weight excluding hydrogens is 715 g/mol. The van der Waals surface area contributed by atoms with Gasteiger partial charge in [0.1, 0.15) is 0 Å². The minimum Gasteiger partial charge on any atom is -1.00 e. The molecule has 0 heterocycles. The van der Waals surface area contributed by atoms with E-state index in [1.807, 2.05) is 0 Å². The minimum absolute atomic E-state index is 0. The van der Waals surface area contributed by atoms with E-state index in [2.05, 4.69) is 179 Å². The fourth-order valence-corrected chi connectivity index (χ4v) is 6.51. The van der Waals surface area contributed by atoms with Crippen molar-refractivity contribution >= 4 is 3.21 Å². The summed E-state index contributed by atoms with van der Waals surface area (Å²) in [5, 5.41) is 0. The largest absolute Gasteiger partial charge is 1.00 e. The number of allylic oxidation sites excluding steroid dienone is 4. The Balaban J connectivity index is 0.000000265. The summed E-state index contributed by atoms with van der Waals surface area (Å²) in [6, 6.07) is 32.7. The minimum atomic E-state index is 0. The van der Waals surface area contributed by atoms with E-state index in [9.17, 15) is 0 Å². The summed E-state index contributed by atoms with van der Waals surface area (Å²) in [5.74, 6) is 0. The normalized spacial score (nSPS) is 13.0. The molecular formula is C46H54Cl2Zr-2. The number of benzene rings is 4. The number of hydrogen-bond donors (Lipinski definition) is 0. The predicted octanol–water partition coefficient (Wildman–Crippen LogP) is 6.19. The van der Waals surface area contributed by atoms with E-state index < -0.39 is 0 Å². The van der Waals surface area contributed by atoms with Crippen molar-refractivity contribution in [1.82, 2.24) is 0 Å². The van der Waals surface area contributed by atoms with Crippen LogP contribution in [0, 0.1) is 31.4 Å². The second-order valence-electron chi connectivity index (χ2n) is 15.9. The maximum absolute atomic E-state index is 3.67. The molecule has 0 bridgehead atoms.